The van der Waals surface area contributed by atoms with Gasteiger partial charge in [-0.15, -0.1) is 0 Å². The van der Waals surface area contributed by atoms with Crippen molar-refractivity contribution in [2.45, 2.75) is 66.5 Å². The summed E-state index contributed by atoms with van der Waals surface area (Å²) in [6, 6.07) is 19.8. The standard InChI is InChI=1S/C49H47F6NO2/c1-26(30-17-13-15-27-14-11-12-16-31(27)30)56(8)24-34-32(22-36(48(2,3)4)46(57-9)42(34)28-18-38(50)44(54)39(51)19-28)33-23-37(49(5,6)7)47(58-10)43(35(33)25-56)29-20-40(52)45(55)41(53)21-29/h11-22,26H,24-25H2,1-10H3/q+2/t26?,56-/m0/s1. The summed E-state index contributed by atoms with van der Waals surface area (Å²) in [6.45, 7) is 14.4. The maximum absolute atomic E-state index is 15.3. The van der Waals surface area contributed by atoms with Gasteiger partial charge in [0.05, 0.1) is 32.4 Å². The molecule has 0 saturated carbocycles. The van der Waals surface area contributed by atoms with E-state index in [0.717, 1.165) is 40.6 Å². The van der Waals surface area contributed by atoms with Crippen LogP contribution < -0.4 is 4.74 Å². The highest BCUT2D eigenvalue weighted by atomic mass is 19.2. The van der Waals surface area contributed by atoms with Gasteiger partial charge in [0.2, 0.25) is 5.76 Å². The lowest BCUT2D eigenvalue weighted by atomic mass is 9.73. The maximum Gasteiger partial charge on any atom is 0.219 e. The molecule has 1 unspecified atom stereocenters. The highest BCUT2D eigenvalue weighted by Gasteiger charge is 2.49. The molecule has 0 aromatic heterocycles. The number of benzene rings is 5. The van der Waals surface area contributed by atoms with Gasteiger partial charge in [-0.25, -0.2) is 26.3 Å². The second-order valence-electron chi connectivity index (χ2n) is 17.7. The number of likely N-dealkylation sites (N-methyl/N-ethyl adjacent to an activating group) is 1. The third-order valence-corrected chi connectivity index (χ3v) is 11.7. The quantitative estimate of drug-likeness (QED) is 0.0738. The monoisotopic (exact) mass is 795 g/mol. The number of halogens is 6. The first kappa shape index (κ1) is 40.8. The predicted molar refractivity (Wildman–Crippen MR) is 217 cm³/mol. The van der Waals surface area contributed by atoms with Crippen molar-refractivity contribution in [3.8, 4) is 16.9 Å². The molecule has 0 fully saturated rings. The molecule has 5 aromatic rings. The zero-order valence-corrected chi connectivity index (χ0v) is 34.5. The van der Waals surface area contributed by atoms with Crippen LogP contribution in [0, 0.1) is 46.4 Å². The van der Waals surface area contributed by atoms with Crippen molar-refractivity contribution < 1.29 is 40.3 Å². The van der Waals surface area contributed by atoms with E-state index in [1.807, 2.05) is 77.9 Å². The molecule has 5 aromatic carbocycles. The van der Waals surface area contributed by atoms with Crippen LogP contribution in [0.2, 0.25) is 0 Å². The van der Waals surface area contributed by atoms with Gasteiger partial charge in [-0.05, 0) is 59.0 Å². The Hall–Kier alpha value is -5.37. The van der Waals surface area contributed by atoms with Crippen LogP contribution in [-0.2, 0) is 16.7 Å². The molecule has 58 heavy (non-hydrogen) atoms. The van der Waals surface area contributed by atoms with E-state index in [2.05, 4.69) is 32.2 Å². The molecule has 0 spiro atoms. The first-order valence-electron chi connectivity index (χ1n) is 19.2. The van der Waals surface area contributed by atoms with E-state index >= 15 is 17.6 Å². The van der Waals surface area contributed by atoms with Crippen LogP contribution in [0.15, 0.2) is 89.7 Å². The Kier molecular flexibility index (Phi) is 10.2. The lowest BCUT2D eigenvalue weighted by Gasteiger charge is -2.40. The van der Waals surface area contributed by atoms with Crippen LogP contribution in [0.4, 0.5) is 26.3 Å². The minimum atomic E-state index is -1.59. The van der Waals surface area contributed by atoms with Crippen LogP contribution in [0.25, 0.3) is 33.0 Å². The smallest absolute Gasteiger partial charge is 0.219 e. The Morgan fingerprint density at radius 2 is 1.26 bits per heavy atom. The van der Waals surface area contributed by atoms with Gasteiger partial charge in [0.1, 0.15) is 41.6 Å². The number of fused-ring (bicyclic) bond motifs is 4. The van der Waals surface area contributed by atoms with Crippen LogP contribution >= 0.6 is 0 Å². The lowest BCUT2D eigenvalue weighted by Crippen LogP contribution is -2.46. The van der Waals surface area contributed by atoms with Crippen molar-refractivity contribution >= 4 is 21.9 Å². The fourth-order valence-electron chi connectivity index (χ4n) is 8.64. The Morgan fingerprint density at radius 3 is 1.81 bits per heavy atom. The van der Waals surface area contributed by atoms with Gasteiger partial charge in [0.25, 0.3) is 0 Å². The fraction of sp³-hybridized carbons (Fsp3) is 0.306. The van der Waals surface area contributed by atoms with E-state index < -0.39 is 45.7 Å². The fourth-order valence-corrected chi connectivity index (χ4v) is 8.64. The Bertz CT molecular complexity index is 2560. The molecule has 1 heterocycles. The molecule has 1 aliphatic carbocycles. The van der Waals surface area contributed by atoms with Gasteiger partial charge in [-0.3, -0.25) is 0 Å². The third-order valence-electron chi connectivity index (χ3n) is 11.7. The normalized spacial score (nSPS) is 17.7. The minimum absolute atomic E-state index is 0.0734. The zero-order chi connectivity index (χ0) is 42.2. The van der Waals surface area contributed by atoms with Gasteiger partial charge < -0.3 is 14.0 Å². The van der Waals surface area contributed by atoms with Gasteiger partial charge in [0.15, 0.2) is 40.5 Å². The summed E-state index contributed by atoms with van der Waals surface area (Å²) in [5.41, 5.74) is 4.45. The molecule has 9 heteroatoms. The number of quaternary nitrogens is 1. The molecule has 300 valence electrons. The number of hydrogen-bond donors (Lipinski definition) is 0. The summed E-state index contributed by atoms with van der Waals surface area (Å²) in [5.74, 6) is -7.88. The molecule has 0 bridgehead atoms. The van der Waals surface area contributed by atoms with Crippen LogP contribution in [0.5, 0.6) is 5.75 Å². The number of methoxy groups -OCH3 is 2. The van der Waals surface area contributed by atoms with Crippen LogP contribution in [-0.4, -0.2) is 32.3 Å². The summed E-state index contributed by atoms with van der Waals surface area (Å²) in [5, 5.41) is 2.06. The molecule has 1 aliphatic heterocycles. The van der Waals surface area contributed by atoms with Crippen molar-refractivity contribution in [1.82, 2.24) is 0 Å². The summed E-state index contributed by atoms with van der Waals surface area (Å²) < 4.78 is 103. The van der Waals surface area contributed by atoms with Gasteiger partial charge in [-0.1, -0.05) is 84.0 Å². The van der Waals surface area contributed by atoms with Crippen molar-refractivity contribution in [1.29, 1.82) is 0 Å². The lowest BCUT2D eigenvalue weighted by molar-refractivity contribution is -0.945. The summed E-state index contributed by atoms with van der Waals surface area (Å²) in [4.78, 5) is 0. The Labute approximate surface area is 336 Å². The third kappa shape index (κ3) is 6.78. The zero-order valence-electron chi connectivity index (χ0n) is 34.5. The van der Waals surface area contributed by atoms with E-state index in [1.54, 1.807) is 0 Å². The number of nitrogens with zero attached hydrogens (tertiary/aromatic N) is 1. The average Bonchev–Trinajstić information content (AvgIpc) is 3.29. The van der Waals surface area contributed by atoms with Crippen molar-refractivity contribution in [2.75, 3.05) is 27.8 Å². The highest BCUT2D eigenvalue weighted by molar-refractivity contribution is 6.00. The molecule has 7 rings (SSSR count). The second-order valence-corrected chi connectivity index (χ2v) is 17.7. The van der Waals surface area contributed by atoms with E-state index in [9.17, 15) is 8.78 Å². The topological polar surface area (TPSA) is 18.5 Å². The Balaban J connectivity index is 1.70. The second kappa shape index (κ2) is 14.5. The number of allylic oxidation sites excluding steroid dienone is 3. The number of rotatable bonds is 6. The molecular formula is C49H47F6NO2+2. The largest absolute Gasteiger partial charge is 0.496 e. The number of hydrogen-bond acceptors (Lipinski definition) is 2. The molecular weight excluding hydrogens is 749 g/mol. The SMILES string of the molecule is COC1=C(C(C)(C)C)[C+]=C2C(=C1c1cc(F)c(F)c(F)c1)C[N@@+](C)(C(C)c1cccc3ccccc13)Cc1c2cc(C(C)(C)C)c(OC)c1-c1cc(F)c(F)c(F)c1. The van der Waals surface area contributed by atoms with Crippen molar-refractivity contribution in [3.63, 3.8) is 0 Å². The maximum atomic E-state index is 15.3. The van der Waals surface area contributed by atoms with Gasteiger partial charge in [-0.2, -0.15) is 0 Å². The minimum Gasteiger partial charge on any atom is -0.496 e. The number of ether oxygens (including phenoxy) is 2. The summed E-state index contributed by atoms with van der Waals surface area (Å²) >= 11 is 0. The first-order valence-corrected chi connectivity index (χ1v) is 19.2. The Morgan fingerprint density at radius 1 is 0.690 bits per heavy atom. The van der Waals surface area contributed by atoms with Gasteiger partial charge in [0, 0.05) is 33.7 Å². The molecule has 0 saturated heterocycles. The molecule has 0 N–H and O–H groups in total. The first-order chi connectivity index (χ1) is 27.2. The summed E-state index contributed by atoms with van der Waals surface area (Å²) in [7, 11) is 5.05. The van der Waals surface area contributed by atoms with Crippen molar-refractivity contribution in [2.24, 2.45) is 5.41 Å². The molecule has 0 amide bonds. The molecule has 3 nitrogen and oxygen atoms in total. The van der Waals surface area contributed by atoms with E-state index in [-0.39, 0.29) is 34.7 Å². The van der Waals surface area contributed by atoms with E-state index in [4.69, 9.17) is 9.47 Å². The molecule has 2 aliphatic rings. The van der Waals surface area contributed by atoms with E-state index in [1.165, 1.54) is 14.2 Å². The molecule has 2 atom stereocenters. The summed E-state index contributed by atoms with van der Waals surface area (Å²) in [6.07, 6.45) is 3.70. The highest BCUT2D eigenvalue weighted by Crippen LogP contribution is 2.54. The van der Waals surface area contributed by atoms with E-state index in [0.29, 0.717) is 56.1 Å². The predicted octanol–water partition coefficient (Wildman–Crippen LogP) is 13.0. The van der Waals surface area contributed by atoms with Crippen LogP contribution in [0.3, 0.4) is 0 Å². The van der Waals surface area contributed by atoms with Crippen LogP contribution in [0.1, 0.15) is 82.3 Å². The van der Waals surface area contributed by atoms with Gasteiger partial charge >= 0.3 is 0 Å². The molecule has 0 radical (unpaired) electrons. The van der Waals surface area contributed by atoms with Crippen molar-refractivity contribution in [3.05, 3.63) is 158 Å². The average molecular weight is 796 g/mol.